The highest BCUT2D eigenvalue weighted by Crippen LogP contribution is 2.30. The molecule has 6 nitrogen and oxygen atoms in total. The van der Waals surface area contributed by atoms with E-state index in [4.69, 9.17) is 21.7 Å². The Morgan fingerprint density at radius 2 is 1.90 bits per heavy atom. The molecule has 2 aromatic carbocycles. The second-order valence-electron chi connectivity index (χ2n) is 6.52. The van der Waals surface area contributed by atoms with E-state index < -0.39 is 11.8 Å². The molecule has 0 aromatic heterocycles. The molecule has 1 fully saturated rings. The molecule has 2 amide bonds. The number of methoxy groups -OCH3 is 1. The molecule has 0 bridgehead atoms. The van der Waals surface area contributed by atoms with Gasteiger partial charge in [0.2, 0.25) is 0 Å². The van der Waals surface area contributed by atoms with E-state index in [-0.39, 0.29) is 10.7 Å². The normalized spacial score (nSPS) is 15.5. The lowest BCUT2D eigenvalue weighted by Gasteiger charge is -2.30. The molecule has 1 N–H and O–H groups in total. The van der Waals surface area contributed by atoms with Gasteiger partial charge in [-0.1, -0.05) is 18.2 Å². The maximum Gasteiger partial charge on any atom is 0.270 e. The predicted molar refractivity (Wildman–Crippen MR) is 116 cm³/mol. The average Bonchev–Trinajstić information content (AvgIpc) is 2.69. The molecule has 3 rings (SSSR count). The number of amides is 2. The summed E-state index contributed by atoms with van der Waals surface area (Å²) < 4.78 is 10.9. The second-order valence-corrected chi connectivity index (χ2v) is 6.91. The summed E-state index contributed by atoms with van der Waals surface area (Å²) >= 11 is 5.28. The summed E-state index contributed by atoms with van der Waals surface area (Å²) in [5.74, 6) is 0.109. The summed E-state index contributed by atoms with van der Waals surface area (Å²) in [6, 6.07) is 10.8. The number of anilines is 1. The minimum Gasteiger partial charge on any atom is -0.493 e. The van der Waals surface area contributed by atoms with Gasteiger partial charge in [-0.25, -0.2) is 0 Å². The molecule has 1 aliphatic rings. The fraction of sp³-hybridized carbons (Fsp3) is 0.227. The van der Waals surface area contributed by atoms with Crippen molar-refractivity contribution in [1.29, 1.82) is 0 Å². The summed E-state index contributed by atoms with van der Waals surface area (Å²) in [5.41, 5.74) is 3.23. The predicted octanol–water partition coefficient (Wildman–Crippen LogP) is 3.54. The quantitative estimate of drug-likeness (QED) is 0.464. The van der Waals surface area contributed by atoms with Gasteiger partial charge in [-0.05, 0) is 74.0 Å². The minimum atomic E-state index is -0.532. The van der Waals surface area contributed by atoms with Crippen LogP contribution in [-0.4, -0.2) is 30.6 Å². The molecule has 1 heterocycles. The van der Waals surface area contributed by atoms with Gasteiger partial charge in [-0.2, -0.15) is 0 Å². The Morgan fingerprint density at radius 1 is 1.14 bits per heavy atom. The zero-order valence-corrected chi connectivity index (χ0v) is 17.6. The second kappa shape index (κ2) is 8.45. The highest BCUT2D eigenvalue weighted by Gasteiger charge is 2.35. The van der Waals surface area contributed by atoms with Crippen LogP contribution < -0.4 is 19.7 Å². The number of nitrogens with zero attached hydrogens (tertiary/aromatic N) is 1. The molecular weight excluding hydrogens is 388 g/mol. The van der Waals surface area contributed by atoms with Crippen molar-refractivity contribution in [2.24, 2.45) is 0 Å². The van der Waals surface area contributed by atoms with E-state index in [2.05, 4.69) is 5.32 Å². The van der Waals surface area contributed by atoms with Crippen molar-refractivity contribution >= 4 is 40.9 Å². The lowest BCUT2D eigenvalue weighted by molar-refractivity contribution is -0.122. The van der Waals surface area contributed by atoms with Crippen LogP contribution in [0.4, 0.5) is 5.69 Å². The zero-order chi connectivity index (χ0) is 21.1. The number of aryl methyl sites for hydroxylation is 1. The minimum absolute atomic E-state index is 0.00729. The standard InChI is InChI=1S/C22H22N2O4S/c1-5-28-19-12-15(9-10-18(19)27-4)11-16-20(25)23-22(29)24(21(16)26)17-8-6-7-13(2)14(17)3/h6-12H,5H2,1-4H3,(H,23,25,29)/b16-11+. The van der Waals surface area contributed by atoms with E-state index >= 15 is 0 Å². The van der Waals surface area contributed by atoms with Crippen LogP contribution in [0.25, 0.3) is 6.08 Å². The summed E-state index contributed by atoms with van der Waals surface area (Å²) in [4.78, 5) is 27.1. The molecule has 1 saturated heterocycles. The highest BCUT2D eigenvalue weighted by atomic mass is 32.1. The largest absolute Gasteiger partial charge is 0.493 e. The van der Waals surface area contributed by atoms with Crippen LogP contribution in [0.3, 0.4) is 0 Å². The summed E-state index contributed by atoms with van der Waals surface area (Å²) in [7, 11) is 1.55. The Balaban J connectivity index is 2.04. The van der Waals surface area contributed by atoms with Crippen molar-refractivity contribution in [2.75, 3.05) is 18.6 Å². The van der Waals surface area contributed by atoms with Crippen molar-refractivity contribution in [3.05, 3.63) is 58.7 Å². The molecule has 0 aliphatic carbocycles. The van der Waals surface area contributed by atoms with Gasteiger partial charge in [0.1, 0.15) is 5.57 Å². The van der Waals surface area contributed by atoms with Crippen molar-refractivity contribution in [2.45, 2.75) is 20.8 Å². The van der Waals surface area contributed by atoms with Crippen molar-refractivity contribution in [3.63, 3.8) is 0 Å². The Hall–Kier alpha value is -3.19. The van der Waals surface area contributed by atoms with Gasteiger partial charge in [0.05, 0.1) is 19.4 Å². The van der Waals surface area contributed by atoms with E-state index in [1.54, 1.807) is 25.3 Å². The third kappa shape index (κ3) is 4.00. The van der Waals surface area contributed by atoms with Gasteiger partial charge in [0.15, 0.2) is 16.6 Å². The first kappa shape index (κ1) is 20.5. The molecule has 150 valence electrons. The summed E-state index contributed by atoms with van der Waals surface area (Å²) in [6.07, 6.45) is 1.53. The molecule has 29 heavy (non-hydrogen) atoms. The number of hydrogen-bond acceptors (Lipinski definition) is 5. The van der Waals surface area contributed by atoms with Gasteiger partial charge in [0.25, 0.3) is 11.8 Å². The SMILES string of the molecule is CCOc1cc(/C=C2\C(=O)NC(=S)N(c3cccc(C)c3C)C2=O)ccc1OC. The van der Waals surface area contributed by atoms with Gasteiger partial charge < -0.3 is 9.47 Å². The number of carbonyl (C=O) groups is 2. The first-order valence-electron chi connectivity index (χ1n) is 9.15. The van der Waals surface area contributed by atoms with Crippen LogP contribution in [0.2, 0.25) is 0 Å². The van der Waals surface area contributed by atoms with Crippen LogP contribution >= 0.6 is 12.2 Å². The Bertz CT molecular complexity index is 1030. The first-order chi connectivity index (χ1) is 13.9. The maximum atomic E-state index is 13.2. The van der Waals surface area contributed by atoms with E-state index in [1.807, 2.05) is 39.0 Å². The number of hydrogen-bond donors (Lipinski definition) is 1. The molecule has 1 aliphatic heterocycles. The van der Waals surface area contributed by atoms with Gasteiger partial charge in [-0.15, -0.1) is 0 Å². The van der Waals surface area contributed by atoms with Gasteiger partial charge in [-0.3, -0.25) is 19.8 Å². The fourth-order valence-electron chi connectivity index (χ4n) is 3.07. The fourth-order valence-corrected chi connectivity index (χ4v) is 3.35. The number of rotatable bonds is 5. The lowest BCUT2D eigenvalue weighted by Crippen LogP contribution is -2.54. The topological polar surface area (TPSA) is 67.9 Å². The van der Waals surface area contributed by atoms with Crippen LogP contribution in [0.5, 0.6) is 11.5 Å². The third-order valence-corrected chi connectivity index (χ3v) is 5.00. The van der Waals surface area contributed by atoms with E-state index in [9.17, 15) is 9.59 Å². The molecule has 0 spiro atoms. The lowest BCUT2D eigenvalue weighted by atomic mass is 10.0. The van der Waals surface area contributed by atoms with Crippen LogP contribution in [0.15, 0.2) is 42.0 Å². The third-order valence-electron chi connectivity index (χ3n) is 4.72. The Kier molecular flexibility index (Phi) is 5.98. The summed E-state index contributed by atoms with van der Waals surface area (Å²) in [6.45, 7) is 6.20. The summed E-state index contributed by atoms with van der Waals surface area (Å²) in [5, 5.41) is 2.68. The zero-order valence-electron chi connectivity index (χ0n) is 16.7. The van der Waals surface area contributed by atoms with Crippen LogP contribution in [-0.2, 0) is 9.59 Å². The number of benzene rings is 2. The average molecular weight is 410 g/mol. The molecule has 7 heteroatoms. The van der Waals surface area contributed by atoms with Crippen LogP contribution in [0, 0.1) is 13.8 Å². The van der Waals surface area contributed by atoms with Gasteiger partial charge >= 0.3 is 0 Å². The Morgan fingerprint density at radius 3 is 2.59 bits per heavy atom. The van der Waals surface area contributed by atoms with Gasteiger partial charge in [0, 0.05) is 0 Å². The molecule has 0 atom stereocenters. The molecule has 0 saturated carbocycles. The monoisotopic (exact) mass is 410 g/mol. The molecular formula is C22H22N2O4S. The number of carbonyl (C=O) groups excluding carboxylic acids is 2. The van der Waals surface area contributed by atoms with E-state index in [1.165, 1.54) is 11.0 Å². The van der Waals surface area contributed by atoms with Crippen LogP contribution in [0.1, 0.15) is 23.6 Å². The van der Waals surface area contributed by atoms with Crippen molar-refractivity contribution in [3.8, 4) is 11.5 Å². The number of nitrogens with one attached hydrogen (secondary N) is 1. The first-order valence-corrected chi connectivity index (χ1v) is 9.56. The smallest absolute Gasteiger partial charge is 0.270 e. The molecule has 2 aromatic rings. The van der Waals surface area contributed by atoms with E-state index in [0.717, 1.165) is 11.1 Å². The molecule has 0 radical (unpaired) electrons. The van der Waals surface area contributed by atoms with Crippen molar-refractivity contribution < 1.29 is 19.1 Å². The number of thiocarbonyl (C=S) groups is 1. The Labute approximate surface area is 175 Å². The molecule has 0 unspecified atom stereocenters. The maximum absolute atomic E-state index is 13.2. The van der Waals surface area contributed by atoms with E-state index in [0.29, 0.717) is 29.4 Å². The number of ether oxygens (including phenoxy) is 2. The van der Waals surface area contributed by atoms with Crippen molar-refractivity contribution in [1.82, 2.24) is 5.32 Å². The highest BCUT2D eigenvalue weighted by molar-refractivity contribution is 7.80.